The number of urea groups is 1. The second-order valence-electron chi connectivity index (χ2n) is 4.39. The molecule has 2 radical (unpaired) electrons. The van der Waals surface area contributed by atoms with Crippen LogP contribution in [0.4, 0.5) is 4.79 Å². The SMILES string of the molecule is CCCCC(CCN1CCNC1=O)[Si]C(O)O. The van der Waals surface area contributed by atoms with Gasteiger partial charge in [-0.3, -0.25) is 0 Å². The normalized spacial score (nSPS) is 17.6. The molecule has 1 fully saturated rings. The summed E-state index contributed by atoms with van der Waals surface area (Å²) in [4.78, 5) is 13.1. The molecule has 1 unspecified atom stereocenters. The lowest BCUT2D eigenvalue weighted by atomic mass is 10.1. The maximum Gasteiger partial charge on any atom is 0.317 e. The summed E-state index contributed by atoms with van der Waals surface area (Å²) in [6.07, 6.45) is 4.11. The summed E-state index contributed by atoms with van der Waals surface area (Å²) in [6, 6.07) is 0.00659. The molecule has 1 heterocycles. The van der Waals surface area contributed by atoms with Gasteiger partial charge in [-0.2, -0.15) is 0 Å². The van der Waals surface area contributed by atoms with Crippen molar-refractivity contribution in [3.8, 4) is 0 Å². The van der Waals surface area contributed by atoms with Gasteiger partial charge in [-0.25, -0.2) is 4.79 Å². The van der Waals surface area contributed by atoms with Crippen molar-refractivity contribution in [1.29, 1.82) is 0 Å². The van der Waals surface area contributed by atoms with E-state index in [4.69, 9.17) is 10.2 Å². The molecule has 1 saturated heterocycles. The molecule has 17 heavy (non-hydrogen) atoms. The summed E-state index contributed by atoms with van der Waals surface area (Å²) < 4.78 is 0. The van der Waals surface area contributed by atoms with Gasteiger partial charge in [0.1, 0.15) is 15.4 Å². The van der Waals surface area contributed by atoms with Crippen LogP contribution in [0.2, 0.25) is 5.54 Å². The highest BCUT2D eigenvalue weighted by Crippen LogP contribution is 2.19. The van der Waals surface area contributed by atoms with Crippen LogP contribution in [0, 0.1) is 0 Å². The first-order valence-corrected chi connectivity index (χ1v) is 7.44. The van der Waals surface area contributed by atoms with E-state index in [1.807, 2.05) is 0 Å². The number of nitrogens with zero attached hydrogens (tertiary/aromatic N) is 1. The van der Waals surface area contributed by atoms with Crippen LogP contribution < -0.4 is 5.32 Å². The van der Waals surface area contributed by atoms with E-state index in [-0.39, 0.29) is 15.6 Å². The number of hydrogen-bond acceptors (Lipinski definition) is 3. The fourth-order valence-corrected chi connectivity index (χ4v) is 3.10. The first-order valence-electron chi connectivity index (χ1n) is 6.28. The summed E-state index contributed by atoms with van der Waals surface area (Å²) in [5.74, 6) is -1.20. The quantitative estimate of drug-likeness (QED) is 0.434. The van der Waals surface area contributed by atoms with Gasteiger partial charge in [-0.15, -0.1) is 0 Å². The predicted octanol–water partition coefficient (Wildman–Crippen LogP) is 0.353. The zero-order valence-corrected chi connectivity index (χ0v) is 11.4. The number of aliphatic hydroxyl groups is 2. The Morgan fingerprint density at radius 1 is 1.47 bits per heavy atom. The Hall–Kier alpha value is -0.593. The summed E-state index contributed by atoms with van der Waals surface area (Å²) in [5, 5.41) is 20.8. The van der Waals surface area contributed by atoms with E-state index in [0.717, 1.165) is 45.3 Å². The Kier molecular flexibility index (Phi) is 6.54. The van der Waals surface area contributed by atoms with Gasteiger partial charge >= 0.3 is 6.03 Å². The molecule has 5 nitrogen and oxygen atoms in total. The van der Waals surface area contributed by atoms with Gasteiger partial charge in [0.05, 0.1) is 0 Å². The molecule has 0 aromatic rings. The average molecular weight is 258 g/mol. The molecule has 98 valence electrons. The van der Waals surface area contributed by atoms with Crippen molar-refractivity contribution in [1.82, 2.24) is 10.2 Å². The fourth-order valence-electron chi connectivity index (χ4n) is 2.01. The maximum absolute atomic E-state index is 11.3. The van der Waals surface area contributed by atoms with Crippen molar-refractivity contribution in [2.45, 2.75) is 44.1 Å². The molecular weight excluding hydrogens is 236 g/mol. The highest BCUT2D eigenvalue weighted by Gasteiger charge is 2.21. The molecule has 0 aromatic carbocycles. The number of carbonyl (C=O) groups excluding carboxylic acids is 1. The van der Waals surface area contributed by atoms with Crippen molar-refractivity contribution < 1.29 is 15.0 Å². The lowest BCUT2D eigenvalue weighted by Crippen LogP contribution is -2.31. The topological polar surface area (TPSA) is 72.8 Å². The number of aliphatic hydroxyl groups excluding tert-OH is 1. The number of unbranched alkanes of at least 4 members (excludes halogenated alkanes) is 1. The number of carbonyl (C=O) groups is 1. The van der Waals surface area contributed by atoms with Gasteiger partial charge in [0.15, 0.2) is 0 Å². The summed E-state index contributed by atoms with van der Waals surface area (Å²) in [6.45, 7) is 4.34. The molecule has 1 rings (SSSR count). The standard InChI is InChI=1S/C11H22N2O3Si/c1-2-3-4-9(17-11(15)16)5-7-13-8-6-12-10(13)14/h9,11,15-16H,2-8H2,1H3,(H,12,14). The molecule has 1 aliphatic rings. The Balaban J connectivity index is 2.29. The Morgan fingerprint density at radius 3 is 2.76 bits per heavy atom. The Labute approximate surface area is 105 Å². The van der Waals surface area contributed by atoms with Gasteiger partial charge in [0.2, 0.25) is 0 Å². The minimum atomic E-state index is -1.20. The van der Waals surface area contributed by atoms with Crippen LogP contribution in [0.5, 0.6) is 0 Å². The molecule has 6 heteroatoms. The lowest BCUT2D eigenvalue weighted by Gasteiger charge is -2.20. The van der Waals surface area contributed by atoms with Crippen molar-refractivity contribution in [3.05, 3.63) is 0 Å². The number of nitrogens with one attached hydrogen (secondary N) is 1. The largest absolute Gasteiger partial charge is 0.372 e. The molecular formula is C11H22N2O3Si. The van der Waals surface area contributed by atoms with E-state index in [1.165, 1.54) is 0 Å². The van der Waals surface area contributed by atoms with E-state index in [0.29, 0.717) is 5.54 Å². The van der Waals surface area contributed by atoms with Gasteiger partial charge in [0.25, 0.3) is 0 Å². The van der Waals surface area contributed by atoms with Crippen LogP contribution in [0.1, 0.15) is 32.6 Å². The lowest BCUT2D eigenvalue weighted by molar-refractivity contribution is 0.0276. The van der Waals surface area contributed by atoms with Crippen LogP contribution in [0.15, 0.2) is 0 Å². The Bertz CT molecular complexity index is 239. The zero-order valence-electron chi connectivity index (χ0n) is 10.4. The maximum atomic E-state index is 11.3. The monoisotopic (exact) mass is 258 g/mol. The summed E-state index contributed by atoms with van der Waals surface area (Å²) >= 11 is 0. The van der Waals surface area contributed by atoms with E-state index < -0.39 is 5.91 Å². The first-order chi connectivity index (χ1) is 8.13. The smallest absolute Gasteiger partial charge is 0.317 e. The van der Waals surface area contributed by atoms with Crippen LogP contribution >= 0.6 is 0 Å². The molecule has 2 amide bonds. The zero-order chi connectivity index (χ0) is 12.7. The second-order valence-corrected chi connectivity index (χ2v) is 6.05. The summed E-state index contributed by atoms with van der Waals surface area (Å²) in [5.41, 5.74) is 0.323. The van der Waals surface area contributed by atoms with Crippen LogP contribution in [0.3, 0.4) is 0 Å². The highest BCUT2D eigenvalue weighted by molar-refractivity contribution is 6.38. The van der Waals surface area contributed by atoms with E-state index in [2.05, 4.69) is 12.2 Å². The van der Waals surface area contributed by atoms with Gasteiger partial charge < -0.3 is 20.4 Å². The van der Waals surface area contributed by atoms with Crippen LogP contribution in [-0.4, -0.2) is 56.2 Å². The molecule has 3 N–H and O–H groups in total. The van der Waals surface area contributed by atoms with Crippen molar-refractivity contribution >= 4 is 15.6 Å². The minimum Gasteiger partial charge on any atom is -0.372 e. The van der Waals surface area contributed by atoms with Crippen molar-refractivity contribution in [2.24, 2.45) is 0 Å². The second kappa shape index (κ2) is 7.68. The molecule has 0 spiro atoms. The number of rotatable bonds is 8. The third-order valence-corrected chi connectivity index (χ3v) is 4.33. The Morgan fingerprint density at radius 2 is 2.24 bits per heavy atom. The molecule has 0 saturated carbocycles. The third-order valence-electron chi connectivity index (χ3n) is 2.98. The van der Waals surface area contributed by atoms with E-state index >= 15 is 0 Å². The van der Waals surface area contributed by atoms with E-state index in [9.17, 15) is 4.79 Å². The first kappa shape index (κ1) is 14.5. The predicted molar refractivity (Wildman–Crippen MR) is 66.8 cm³/mol. The molecule has 0 aromatic heterocycles. The van der Waals surface area contributed by atoms with Crippen molar-refractivity contribution in [3.63, 3.8) is 0 Å². The number of hydrogen-bond donors (Lipinski definition) is 3. The summed E-state index contributed by atoms with van der Waals surface area (Å²) in [7, 11) is 0.157. The van der Waals surface area contributed by atoms with Gasteiger partial charge in [0, 0.05) is 19.6 Å². The molecule has 0 aliphatic carbocycles. The molecule has 1 atom stereocenters. The van der Waals surface area contributed by atoms with Crippen molar-refractivity contribution in [2.75, 3.05) is 19.6 Å². The third kappa shape index (κ3) is 5.52. The van der Waals surface area contributed by atoms with Gasteiger partial charge in [-0.05, 0) is 12.0 Å². The fraction of sp³-hybridized carbons (Fsp3) is 0.909. The van der Waals surface area contributed by atoms with Crippen LogP contribution in [-0.2, 0) is 0 Å². The average Bonchev–Trinajstić information content (AvgIpc) is 2.67. The highest BCUT2D eigenvalue weighted by atomic mass is 28.2. The molecule has 0 bridgehead atoms. The molecule has 1 aliphatic heterocycles. The minimum absolute atomic E-state index is 0.00659. The van der Waals surface area contributed by atoms with Crippen LogP contribution in [0.25, 0.3) is 0 Å². The van der Waals surface area contributed by atoms with E-state index in [1.54, 1.807) is 4.90 Å². The number of amides is 2. The van der Waals surface area contributed by atoms with Gasteiger partial charge in [-0.1, -0.05) is 26.2 Å².